The van der Waals surface area contributed by atoms with Gasteiger partial charge < -0.3 is 5.73 Å². The van der Waals surface area contributed by atoms with E-state index < -0.39 is 10.0 Å². The number of nitrogens with one attached hydrogen (secondary N) is 1. The minimum absolute atomic E-state index is 0.159. The van der Waals surface area contributed by atoms with Crippen LogP contribution in [0.1, 0.15) is 32.6 Å². The molecule has 0 aromatic heterocycles. The van der Waals surface area contributed by atoms with Gasteiger partial charge in [0.05, 0.1) is 5.75 Å². The Morgan fingerprint density at radius 3 is 2.71 bits per heavy atom. The summed E-state index contributed by atoms with van der Waals surface area (Å²) >= 11 is 0. The zero-order valence-corrected chi connectivity index (χ0v) is 9.52. The van der Waals surface area contributed by atoms with Crippen molar-refractivity contribution in [3.63, 3.8) is 0 Å². The average Bonchev–Trinajstić information content (AvgIpc) is 2.15. The molecule has 0 aliphatic heterocycles. The lowest BCUT2D eigenvalue weighted by molar-refractivity contribution is 0.322. The summed E-state index contributed by atoms with van der Waals surface area (Å²) in [5.41, 5.74) is 5.82. The average molecular weight is 220 g/mol. The van der Waals surface area contributed by atoms with Crippen molar-refractivity contribution in [2.45, 2.75) is 38.6 Å². The SMILES string of the molecule is CCS(=O)(=O)NCC1CCCC(N)C1. The van der Waals surface area contributed by atoms with E-state index in [1.807, 2.05) is 0 Å². The van der Waals surface area contributed by atoms with Crippen LogP contribution in [0.25, 0.3) is 0 Å². The standard InChI is InChI=1S/C9H20N2O2S/c1-2-14(12,13)11-7-8-4-3-5-9(10)6-8/h8-9,11H,2-7,10H2,1H3. The maximum absolute atomic E-state index is 11.2. The summed E-state index contributed by atoms with van der Waals surface area (Å²) in [6.07, 6.45) is 4.25. The lowest BCUT2D eigenvalue weighted by Gasteiger charge is -2.26. The van der Waals surface area contributed by atoms with Gasteiger partial charge in [0.2, 0.25) is 10.0 Å². The first kappa shape index (κ1) is 11.9. The molecule has 1 rings (SSSR count). The Labute approximate surface area is 86.3 Å². The molecule has 1 fully saturated rings. The Morgan fingerprint density at radius 2 is 2.14 bits per heavy atom. The van der Waals surface area contributed by atoms with Gasteiger partial charge in [-0.2, -0.15) is 0 Å². The van der Waals surface area contributed by atoms with Crippen molar-refractivity contribution in [1.82, 2.24) is 4.72 Å². The lowest BCUT2D eigenvalue weighted by atomic mass is 9.86. The van der Waals surface area contributed by atoms with Crippen LogP contribution in [0.3, 0.4) is 0 Å². The van der Waals surface area contributed by atoms with Crippen LogP contribution < -0.4 is 10.5 Å². The molecule has 1 aliphatic rings. The van der Waals surface area contributed by atoms with Gasteiger partial charge in [0, 0.05) is 12.6 Å². The molecule has 0 heterocycles. The second kappa shape index (κ2) is 5.09. The molecule has 1 aliphatic carbocycles. The molecule has 4 nitrogen and oxygen atoms in total. The molecular formula is C9H20N2O2S. The third kappa shape index (κ3) is 3.94. The van der Waals surface area contributed by atoms with Crippen LogP contribution in [-0.2, 0) is 10.0 Å². The highest BCUT2D eigenvalue weighted by Crippen LogP contribution is 2.22. The van der Waals surface area contributed by atoms with Crippen molar-refractivity contribution >= 4 is 10.0 Å². The minimum Gasteiger partial charge on any atom is -0.328 e. The highest BCUT2D eigenvalue weighted by atomic mass is 32.2. The van der Waals surface area contributed by atoms with Crippen molar-refractivity contribution < 1.29 is 8.42 Å². The molecule has 0 saturated heterocycles. The first-order valence-electron chi connectivity index (χ1n) is 5.26. The summed E-state index contributed by atoms with van der Waals surface area (Å²) in [4.78, 5) is 0. The molecule has 0 amide bonds. The van der Waals surface area contributed by atoms with Crippen LogP contribution in [0.5, 0.6) is 0 Å². The molecule has 84 valence electrons. The van der Waals surface area contributed by atoms with Crippen LogP contribution in [-0.4, -0.2) is 26.8 Å². The van der Waals surface area contributed by atoms with Gasteiger partial charge in [-0.3, -0.25) is 0 Å². The number of hydrogen-bond donors (Lipinski definition) is 2. The van der Waals surface area contributed by atoms with Crippen LogP contribution >= 0.6 is 0 Å². The fourth-order valence-corrected chi connectivity index (χ4v) is 2.56. The van der Waals surface area contributed by atoms with Crippen molar-refractivity contribution in [2.75, 3.05) is 12.3 Å². The second-order valence-electron chi connectivity index (χ2n) is 4.04. The van der Waals surface area contributed by atoms with Gasteiger partial charge in [-0.15, -0.1) is 0 Å². The van der Waals surface area contributed by atoms with E-state index in [0.717, 1.165) is 25.7 Å². The predicted octanol–water partition coefficient (Wildman–Crippen LogP) is 0.443. The fraction of sp³-hybridized carbons (Fsp3) is 1.00. The van der Waals surface area contributed by atoms with Crippen LogP contribution in [0.15, 0.2) is 0 Å². The van der Waals surface area contributed by atoms with E-state index in [0.29, 0.717) is 12.5 Å². The van der Waals surface area contributed by atoms with Crippen LogP contribution in [0, 0.1) is 5.92 Å². The molecule has 0 bridgehead atoms. The highest BCUT2D eigenvalue weighted by molar-refractivity contribution is 7.89. The number of sulfonamides is 1. The van der Waals surface area contributed by atoms with Crippen molar-refractivity contribution in [3.05, 3.63) is 0 Å². The second-order valence-corrected chi connectivity index (χ2v) is 6.14. The highest BCUT2D eigenvalue weighted by Gasteiger charge is 2.20. The van der Waals surface area contributed by atoms with Gasteiger partial charge in [0.1, 0.15) is 0 Å². The summed E-state index contributed by atoms with van der Waals surface area (Å²) in [5.74, 6) is 0.589. The Balaban J connectivity index is 2.31. The Bertz CT molecular complexity index is 264. The summed E-state index contributed by atoms with van der Waals surface area (Å²) in [7, 11) is -3.03. The smallest absolute Gasteiger partial charge is 0.211 e. The minimum atomic E-state index is -3.03. The molecule has 5 heteroatoms. The maximum atomic E-state index is 11.2. The van der Waals surface area contributed by atoms with Crippen molar-refractivity contribution in [2.24, 2.45) is 11.7 Å². The molecule has 2 atom stereocenters. The van der Waals surface area contributed by atoms with Gasteiger partial charge in [0.15, 0.2) is 0 Å². The maximum Gasteiger partial charge on any atom is 0.211 e. The summed E-state index contributed by atoms with van der Waals surface area (Å²) in [5, 5.41) is 0. The van der Waals surface area contributed by atoms with Crippen LogP contribution in [0.2, 0.25) is 0 Å². The third-order valence-electron chi connectivity index (χ3n) is 2.80. The Morgan fingerprint density at radius 1 is 1.43 bits per heavy atom. The molecule has 0 spiro atoms. The molecule has 0 radical (unpaired) electrons. The number of nitrogens with two attached hydrogens (primary N) is 1. The van der Waals surface area contributed by atoms with Gasteiger partial charge in [0.25, 0.3) is 0 Å². The van der Waals surface area contributed by atoms with Gasteiger partial charge in [-0.1, -0.05) is 6.42 Å². The van der Waals surface area contributed by atoms with Gasteiger partial charge >= 0.3 is 0 Å². The topological polar surface area (TPSA) is 72.2 Å². The zero-order valence-electron chi connectivity index (χ0n) is 8.70. The summed E-state index contributed by atoms with van der Waals surface area (Å²) < 4.78 is 25.0. The van der Waals surface area contributed by atoms with Gasteiger partial charge in [-0.05, 0) is 32.1 Å². The van der Waals surface area contributed by atoms with Crippen molar-refractivity contribution in [1.29, 1.82) is 0 Å². The van der Waals surface area contributed by atoms with E-state index in [9.17, 15) is 8.42 Å². The Kier molecular flexibility index (Phi) is 4.34. The molecule has 3 N–H and O–H groups in total. The van der Waals surface area contributed by atoms with E-state index >= 15 is 0 Å². The van der Waals surface area contributed by atoms with E-state index in [1.54, 1.807) is 6.92 Å². The van der Waals surface area contributed by atoms with E-state index in [2.05, 4.69) is 4.72 Å². The normalized spacial score (nSPS) is 29.0. The fourth-order valence-electron chi connectivity index (χ4n) is 1.86. The third-order valence-corrected chi connectivity index (χ3v) is 4.16. The van der Waals surface area contributed by atoms with Crippen LogP contribution in [0.4, 0.5) is 0 Å². The molecule has 0 aromatic carbocycles. The first-order chi connectivity index (χ1) is 6.53. The monoisotopic (exact) mass is 220 g/mol. The number of rotatable bonds is 4. The van der Waals surface area contributed by atoms with E-state index in [-0.39, 0.29) is 11.8 Å². The lowest BCUT2D eigenvalue weighted by Crippen LogP contribution is -2.36. The van der Waals surface area contributed by atoms with E-state index in [1.165, 1.54) is 0 Å². The molecular weight excluding hydrogens is 200 g/mol. The zero-order chi connectivity index (χ0) is 10.6. The van der Waals surface area contributed by atoms with Crippen molar-refractivity contribution in [3.8, 4) is 0 Å². The molecule has 0 aromatic rings. The predicted molar refractivity (Wildman–Crippen MR) is 57.4 cm³/mol. The quantitative estimate of drug-likeness (QED) is 0.722. The Hall–Kier alpha value is -0.130. The molecule has 1 saturated carbocycles. The van der Waals surface area contributed by atoms with E-state index in [4.69, 9.17) is 5.73 Å². The summed E-state index contributed by atoms with van der Waals surface area (Å²) in [6.45, 7) is 2.21. The molecule has 2 unspecified atom stereocenters. The van der Waals surface area contributed by atoms with Gasteiger partial charge in [-0.25, -0.2) is 13.1 Å². The molecule has 14 heavy (non-hydrogen) atoms. The summed E-state index contributed by atoms with van der Waals surface area (Å²) in [6, 6.07) is 0.264. The number of hydrogen-bond acceptors (Lipinski definition) is 3. The first-order valence-corrected chi connectivity index (χ1v) is 6.91. The largest absolute Gasteiger partial charge is 0.328 e.